The lowest BCUT2D eigenvalue weighted by Crippen LogP contribution is -2.07. The zero-order valence-electron chi connectivity index (χ0n) is 23.3. The highest BCUT2D eigenvalue weighted by atomic mass is 32.1. The zero-order chi connectivity index (χ0) is 29.4. The van der Waals surface area contributed by atoms with Gasteiger partial charge < -0.3 is 10.1 Å². The smallest absolute Gasteiger partial charge is 0.183 e. The fourth-order valence-electron chi connectivity index (χ4n) is 4.70. The number of hydrogen-bond acceptors (Lipinski definition) is 9. The number of thiazole rings is 1. The average molecular weight is 585 g/mol. The van der Waals surface area contributed by atoms with Crippen molar-refractivity contribution in [3.63, 3.8) is 0 Å². The molecule has 9 nitrogen and oxygen atoms in total. The summed E-state index contributed by atoms with van der Waals surface area (Å²) in [6.07, 6.45) is 1.67. The van der Waals surface area contributed by atoms with Crippen LogP contribution in [0.4, 0.5) is 20.4 Å². The molecule has 12 heteroatoms. The van der Waals surface area contributed by atoms with Gasteiger partial charge >= 0.3 is 0 Å². The summed E-state index contributed by atoms with van der Waals surface area (Å²) in [4.78, 5) is 23.7. The van der Waals surface area contributed by atoms with Crippen molar-refractivity contribution in [3.05, 3.63) is 88.5 Å². The number of anilines is 2. The molecule has 0 amide bonds. The van der Waals surface area contributed by atoms with E-state index in [1.165, 1.54) is 23.5 Å². The molecule has 0 aliphatic heterocycles. The number of hydrogen-bond donors (Lipinski definition) is 1. The van der Waals surface area contributed by atoms with E-state index < -0.39 is 11.6 Å². The van der Waals surface area contributed by atoms with Gasteiger partial charge in [0, 0.05) is 35.3 Å². The van der Waals surface area contributed by atoms with Crippen LogP contribution in [0.25, 0.3) is 33.0 Å². The predicted molar refractivity (Wildman–Crippen MR) is 158 cm³/mol. The molecule has 1 N–H and O–H groups in total. The third kappa shape index (κ3) is 5.40. The number of nitrogens with zero attached hydrogens (tertiary/aromatic N) is 7. The molecule has 4 aromatic heterocycles. The molecule has 0 fully saturated rings. The molecule has 0 radical (unpaired) electrons. The van der Waals surface area contributed by atoms with Gasteiger partial charge in [-0.2, -0.15) is 5.10 Å². The van der Waals surface area contributed by atoms with E-state index in [0.29, 0.717) is 46.8 Å². The molecule has 0 spiro atoms. The third-order valence-corrected chi connectivity index (χ3v) is 7.59. The minimum Gasteiger partial charge on any atom is -0.494 e. The highest BCUT2D eigenvalue weighted by molar-refractivity contribution is 7.15. The maximum atomic E-state index is 15.0. The zero-order valence-corrected chi connectivity index (χ0v) is 24.1. The number of fused-ring (bicyclic) bond motifs is 1. The SMILES string of the molecule is CCOc1cc(F)c(Cn2nc(-c3nc(Nc4ccnc(C)n4)cc(-c4sc(C)nc4C)n3)c3ccccc32)c(F)c1. The first-order chi connectivity index (χ1) is 20.3. The largest absolute Gasteiger partial charge is 0.494 e. The number of aromatic nitrogens is 7. The normalized spacial score (nSPS) is 11.3. The van der Waals surface area contributed by atoms with Crippen LogP contribution in [0.1, 0.15) is 29.0 Å². The van der Waals surface area contributed by atoms with Gasteiger partial charge in [-0.05, 0) is 39.8 Å². The second-order valence-corrected chi connectivity index (χ2v) is 10.7. The van der Waals surface area contributed by atoms with Gasteiger partial charge in [0.05, 0.1) is 39.9 Å². The molecule has 0 saturated carbocycles. The summed E-state index contributed by atoms with van der Waals surface area (Å²) in [6, 6.07) is 13.4. The Morgan fingerprint density at radius 3 is 2.43 bits per heavy atom. The monoisotopic (exact) mass is 584 g/mol. The highest BCUT2D eigenvalue weighted by Gasteiger charge is 2.21. The first kappa shape index (κ1) is 27.3. The highest BCUT2D eigenvalue weighted by Crippen LogP contribution is 2.34. The Morgan fingerprint density at radius 1 is 0.929 bits per heavy atom. The van der Waals surface area contributed by atoms with Crippen LogP contribution in [0.3, 0.4) is 0 Å². The van der Waals surface area contributed by atoms with Gasteiger partial charge in [0.2, 0.25) is 0 Å². The van der Waals surface area contributed by atoms with E-state index in [2.05, 4.69) is 20.3 Å². The number of nitrogens with one attached hydrogen (secondary N) is 1. The fourth-order valence-corrected chi connectivity index (χ4v) is 5.58. The summed E-state index contributed by atoms with van der Waals surface area (Å²) < 4.78 is 36.9. The maximum absolute atomic E-state index is 15.0. The minimum atomic E-state index is -0.708. The van der Waals surface area contributed by atoms with Crippen LogP contribution in [0.5, 0.6) is 5.75 Å². The number of ether oxygens (including phenoxy) is 1. The van der Waals surface area contributed by atoms with Crippen LogP contribution in [0.15, 0.2) is 54.7 Å². The summed E-state index contributed by atoms with van der Waals surface area (Å²) in [5, 5.41) is 9.69. The van der Waals surface area contributed by atoms with E-state index in [1.807, 2.05) is 44.2 Å². The molecule has 4 heterocycles. The van der Waals surface area contributed by atoms with Crippen molar-refractivity contribution < 1.29 is 13.5 Å². The van der Waals surface area contributed by atoms with Crippen LogP contribution < -0.4 is 10.1 Å². The molecule has 212 valence electrons. The molecule has 6 aromatic rings. The van der Waals surface area contributed by atoms with E-state index in [0.717, 1.165) is 21.0 Å². The Bertz CT molecular complexity index is 1910. The molecule has 0 atom stereocenters. The summed E-state index contributed by atoms with van der Waals surface area (Å²) >= 11 is 1.53. The average Bonchev–Trinajstić information content (AvgIpc) is 3.49. The molecule has 2 aromatic carbocycles. The molecule has 0 unspecified atom stereocenters. The van der Waals surface area contributed by atoms with Crippen LogP contribution in [-0.4, -0.2) is 41.3 Å². The number of benzene rings is 2. The molecule has 0 aliphatic carbocycles. The van der Waals surface area contributed by atoms with Gasteiger partial charge in [0.15, 0.2) is 5.82 Å². The lowest BCUT2D eigenvalue weighted by atomic mass is 10.1. The number of halogens is 2. The van der Waals surface area contributed by atoms with Gasteiger partial charge in [0.25, 0.3) is 0 Å². The summed E-state index contributed by atoms with van der Waals surface area (Å²) in [5.74, 6) is 0.754. The fraction of sp³-hybridized carbons (Fsp3) is 0.200. The summed E-state index contributed by atoms with van der Waals surface area (Å²) in [6.45, 7) is 7.61. The molecule has 42 heavy (non-hydrogen) atoms. The minimum absolute atomic E-state index is 0.120. The van der Waals surface area contributed by atoms with Crippen LogP contribution >= 0.6 is 11.3 Å². The standard InChI is InChI=1S/C30H26F2N8OS/c1-5-41-19-12-22(31)21(23(32)13-19)15-40-25-9-7-6-8-20(25)28(39-40)30-36-24(29-16(2)34-18(4)42-29)14-27(38-30)37-26-10-11-33-17(3)35-26/h6-14H,5,15H2,1-4H3,(H,33,35,36,37,38). The van der Waals surface area contributed by atoms with Crippen molar-refractivity contribution in [1.82, 2.24) is 34.7 Å². The van der Waals surface area contributed by atoms with Crippen LogP contribution in [0.2, 0.25) is 0 Å². The van der Waals surface area contributed by atoms with Gasteiger partial charge in [-0.15, -0.1) is 11.3 Å². The van der Waals surface area contributed by atoms with Crippen molar-refractivity contribution >= 4 is 33.9 Å². The quantitative estimate of drug-likeness (QED) is 0.208. The van der Waals surface area contributed by atoms with Gasteiger partial charge in [-0.25, -0.2) is 33.7 Å². The Kier molecular flexibility index (Phi) is 7.29. The van der Waals surface area contributed by atoms with Crippen molar-refractivity contribution in [1.29, 1.82) is 0 Å². The van der Waals surface area contributed by atoms with E-state index in [9.17, 15) is 0 Å². The first-order valence-electron chi connectivity index (χ1n) is 13.3. The Hall–Kier alpha value is -4.84. The number of para-hydroxylation sites is 1. The molecular weight excluding hydrogens is 558 g/mol. The van der Waals surface area contributed by atoms with Gasteiger partial charge in [0.1, 0.15) is 40.5 Å². The third-order valence-electron chi connectivity index (χ3n) is 6.50. The van der Waals surface area contributed by atoms with Crippen LogP contribution in [0, 0.1) is 32.4 Å². The summed E-state index contributed by atoms with van der Waals surface area (Å²) in [5.41, 5.74) is 2.55. The molecule has 0 bridgehead atoms. The first-order valence-corrected chi connectivity index (χ1v) is 14.1. The Labute approximate surface area is 244 Å². The van der Waals surface area contributed by atoms with E-state index in [1.54, 1.807) is 30.8 Å². The van der Waals surface area contributed by atoms with E-state index in [-0.39, 0.29) is 17.9 Å². The van der Waals surface area contributed by atoms with Gasteiger partial charge in [-0.1, -0.05) is 18.2 Å². The van der Waals surface area contributed by atoms with Crippen molar-refractivity contribution in [2.75, 3.05) is 11.9 Å². The Balaban J connectivity index is 1.48. The van der Waals surface area contributed by atoms with Crippen molar-refractivity contribution in [2.24, 2.45) is 0 Å². The second kappa shape index (κ2) is 11.2. The van der Waals surface area contributed by atoms with Crippen molar-refractivity contribution in [3.8, 4) is 27.8 Å². The van der Waals surface area contributed by atoms with Gasteiger partial charge in [-0.3, -0.25) is 4.68 Å². The topological polar surface area (TPSA) is 104 Å². The van der Waals surface area contributed by atoms with Crippen molar-refractivity contribution in [2.45, 2.75) is 34.2 Å². The molecule has 0 saturated heterocycles. The Morgan fingerprint density at radius 2 is 1.71 bits per heavy atom. The number of aryl methyl sites for hydroxylation is 3. The second-order valence-electron chi connectivity index (χ2n) is 9.55. The lowest BCUT2D eigenvalue weighted by molar-refractivity contribution is 0.335. The lowest BCUT2D eigenvalue weighted by Gasteiger charge is -2.10. The molecule has 0 aliphatic rings. The summed E-state index contributed by atoms with van der Waals surface area (Å²) in [7, 11) is 0. The predicted octanol–water partition coefficient (Wildman–Crippen LogP) is 6.80. The van der Waals surface area contributed by atoms with E-state index >= 15 is 8.78 Å². The maximum Gasteiger partial charge on any atom is 0.183 e. The number of rotatable bonds is 8. The van der Waals surface area contributed by atoms with Crippen LogP contribution in [-0.2, 0) is 6.54 Å². The molecular formula is C30H26F2N8OS. The van der Waals surface area contributed by atoms with E-state index in [4.69, 9.17) is 19.8 Å². The molecule has 6 rings (SSSR count).